The maximum atomic E-state index is 12.3. The summed E-state index contributed by atoms with van der Waals surface area (Å²) in [5, 5.41) is 8.93. The average molecular weight is 333 g/mol. The molecule has 5 heteroatoms. The number of carbonyl (C=O) groups excluding carboxylic acids is 1. The van der Waals surface area contributed by atoms with Crippen molar-refractivity contribution in [3.05, 3.63) is 29.8 Å². The van der Waals surface area contributed by atoms with Crippen molar-refractivity contribution >= 4 is 11.9 Å². The molecule has 1 aromatic rings. The van der Waals surface area contributed by atoms with Gasteiger partial charge in [0.05, 0.1) is 6.10 Å². The fourth-order valence-corrected chi connectivity index (χ4v) is 3.07. The van der Waals surface area contributed by atoms with Crippen molar-refractivity contribution in [3.8, 4) is 5.75 Å². The van der Waals surface area contributed by atoms with Gasteiger partial charge in [-0.25, -0.2) is 0 Å². The van der Waals surface area contributed by atoms with Gasteiger partial charge in [0.1, 0.15) is 12.3 Å². The molecule has 1 amide bonds. The van der Waals surface area contributed by atoms with E-state index in [2.05, 4.69) is 0 Å². The number of nitrogens with zero attached hydrogens (tertiary/aromatic N) is 1. The van der Waals surface area contributed by atoms with Crippen molar-refractivity contribution < 1.29 is 19.4 Å². The molecule has 1 N–H and O–H groups in total. The van der Waals surface area contributed by atoms with Gasteiger partial charge in [0, 0.05) is 12.5 Å². The number of aliphatic carboxylic acids is 1. The molecule has 0 aliphatic heterocycles. The third-order valence-electron chi connectivity index (χ3n) is 4.38. The largest absolute Gasteiger partial charge is 0.490 e. The summed E-state index contributed by atoms with van der Waals surface area (Å²) in [6.45, 7) is 3.41. The monoisotopic (exact) mass is 333 g/mol. The summed E-state index contributed by atoms with van der Waals surface area (Å²) in [5.74, 6) is -0.253. The van der Waals surface area contributed by atoms with E-state index in [9.17, 15) is 9.59 Å². The van der Waals surface area contributed by atoms with E-state index in [0.717, 1.165) is 24.2 Å². The maximum Gasteiger partial charge on any atom is 0.323 e. The predicted molar refractivity (Wildman–Crippen MR) is 92.1 cm³/mol. The number of rotatable bonds is 8. The molecule has 0 heterocycles. The molecule has 1 fully saturated rings. The van der Waals surface area contributed by atoms with Crippen molar-refractivity contribution in [1.82, 2.24) is 4.90 Å². The van der Waals surface area contributed by atoms with Gasteiger partial charge < -0.3 is 14.7 Å². The zero-order valence-electron chi connectivity index (χ0n) is 14.5. The fourth-order valence-electron chi connectivity index (χ4n) is 3.07. The summed E-state index contributed by atoms with van der Waals surface area (Å²) in [7, 11) is 0. The number of carbonyl (C=O) groups is 2. The molecule has 0 unspecified atom stereocenters. The minimum absolute atomic E-state index is 0.120. The third-order valence-corrected chi connectivity index (χ3v) is 4.38. The fraction of sp³-hybridized carbons (Fsp3) is 0.579. The van der Waals surface area contributed by atoms with E-state index in [4.69, 9.17) is 9.84 Å². The molecule has 1 saturated carbocycles. The van der Waals surface area contributed by atoms with Gasteiger partial charge in [-0.1, -0.05) is 12.1 Å². The molecule has 1 aromatic carbocycles. The summed E-state index contributed by atoms with van der Waals surface area (Å²) in [6, 6.07) is 7.75. The molecule has 0 radical (unpaired) electrons. The molecule has 0 aromatic heterocycles. The van der Waals surface area contributed by atoms with Crippen LogP contribution in [0.2, 0.25) is 0 Å². The van der Waals surface area contributed by atoms with Crippen LogP contribution in [-0.4, -0.2) is 40.6 Å². The Balaban J connectivity index is 1.90. The van der Waals surface area contributed by atoms with E-state index in [1.54, 1.807) is 0 Å². The Hall–Kier alpha value is -2.04. The van der Waals surface area contributed by atoms with Gasteiger partial charge in [0.15, 0.2) is 0 Å². The second kappa shape index (κ2) is 8.71. The Labute approximate surface area is 143 Å². The Morgan fingerprint density at radius 2 is 2.00 bits per heavy atom. The van der Waals surface area contributed by atoms with Crippen molar-refractivity contribution in [2.24, 2.45) is 0 Å². The first-order valence-electron chi connectivity index (χ1n) is 8.72. The van der Waals surface area contributed by atoms with E-state index in [0.29, 0.717) is 18.9 Å². The number of carboxylic acid groups (broad SMARTS) is 1. The van der Waals surface area contributed by atoms with Gasteiger partial charge in [-0.2, -0.15) is 0 Å². The Morgan fingerprint density at radius 3 is 2.62 bits per heavy atom. The lowest BCUT2D eigenvalue weighted by atomic mass is 10.1. The van der Waals surface area contributed by atoms with Crippen LogP contribution in [0.3, 0.4) is 0 Å². The van der Waals surface area contributed by atoms with Gasteiger partial charge in [-0.05, 0) is 63.6 Å². The second-order valence-corrected chi connectivity index (χ2v) is 6.68. The second-order valence-electron chi connectivity index (χ2n) is 6.68. The summed E-state index contributed by atoms with van der Waals surface area (Å²) in [4.78, 5) is 24.6. The number of hydrogen-bond acceptors (Lipinski definition) is 3. The van der Waals surface area contributed by atoms with Gasteiger partial charge >= 0.3 is 5.97 Å². The summed E-state index contributed by atoms with van der Waals surface area (Å²) >= 11 is 0. The molecule has 1 aliphatic rings. The average Bonchev–Trinajstić information content (AvgIpc) is 3.03. The molecule has 0 saturated heterocycles. The quantitative estimate of drug-likeness (QED) is 0.793. The number of benzene rings is 1. The minimum Gasteiger partial charge on any atom is -0.490 e. The van der Waals surface area contributed by atoms with Crippen LogP contribution in [-0.2, 0) is 16.0 Å². The van der Waals surface area contributed by atoms with Crippen LogP contribution in [0.1, 0.15) is 51.5 Å². The van der Waals surface area contributed by atoms with E-state index in [1.807, 2.05) is 38.1 Å². The first-order chi connectivity index (χ1) is 11.5. The van der Waals surface area contributed by atoms with E-state index in [-0.39, 0.29) is 18.5 Å². The van der Waals surface area contributed by atoms with E-state index >= 15 is 0 Å². The minimum atomic E-state index is -0.982. The molecule has 24 heavy (non-hydrogen) atoms. The van der Waals surface area contributed by atoms with Crippen LogP contribution in [0.4, 0.5) is 0 Å². The lowest BCUT2D eigenvalue weighted by molar-refractivity contribution is -0.145. The molecular weight excluding hydrogens is 306 g/mol. The van der Waals surface area contributed by atoms with Crippen LogP contribution in [0, 0.1) is 0 Å². The Kier molecular flexibility index (Phi) is 6.64. The van der Waals surface area contributed by atoms with E-state index < -0.39 is 5.97 Å². The van der Waals surface area contributed by atoms with Crippen molar-refractivity contribution in [2.45, 2.75) is 64.5 Å². The highest BCUT2D eigenvalue weighted by Crippen LogP contribution is 2.25. The smallest absolute Gasteiger partial charge is 0.323 e. The van der Waals surface area contributed by atoms with Gasteiger partial charge in [0.25, 0.3) is 0 Å². The summed E-state index contributed by atoms with van der Waals surface area (Å²) < 4.78 is 5.99. The first-order valence-corrected chi connectivity index (χ1v) is 8.72. The first kappa shape index (κ1) is 18.3. The van der Waals surface area contributed by atoms with Crippen LogP contribution in [0.15, 0.2) is 24.3 Å². The lowest BCUT2D eigenvalue weighted by Crippen LogP contribution is -2.40. The standard InChI is InChI=1S/C19H27NO4/c1-14(2)20(13-19(22)23)18(21)11-10-15-6-5-9-17(12-15)24-16-7-3-4-8-16/h5-6,9,12,14,16H,3-4,7-8,10-11,13H2,1-2H3,(H,22,23). The maximum absolute atomic E-state index is 12.3. The number of ether oxygens (including phenoxy) is 1. The van der Waals surface area contributed by atoms with Crippen LogP contribution >= 0.6 is 0 Å². The van der Waals surface area contributed by atoms with E-state index in [1.165, 1.54) is 17.7 Å². The van der Waals surface area contributed by atoms with Crippen molar-refractivity contribution in [1.29, 1.82) is 0 Å². The molecule has 1 aliphatic carbocycles. The Bertz CT molecular complexity index is 564. The molecule has 0 atom stereocenters. The topological polar surface area (TPSA) is 66.8 Å². The SMILES string of the molecule is CC(C)N(CC(=O)O)C(=O)CCc1cccc(OC2CCCC2)c1. The van der Waals surface area contributed by atoms with Crippen LogP contribution in [0.25, 0.3) is 0 Å². The van der Waals surface area contributed by atoms with Crippen LogP contribution in [0.5, 0.6) is 5.75 Å². The molecule has 0 spiro atoms. The number of amides is 1. The van der Waals surface area contributed by atoms with Gasteiger partial charge in [-0.3, -0.25) is 9.59 Å². The summed E-state index contributed by atoms with van der Waals surface area (Å²) in [6.07, 6.45) is 5.89. The molecule has 0 bridgehead atoms. The Morgan fingerprint density at radius 1 is 1.29 bits per heavy atom. The molecule has 132 valence electrons. The lowest BCUT2D eigenvalue weighted by Gasteiger charge is -2.25. The highest BCUT2D eigenvalue weighted by molar-refractivity contribution is 5.81. The third kappa shape index (κ3) is 5.55. The number of hydrogen-bond donors (Lipinski definition) is 1. The highest BCUT2D eigenvalue weighted by Gasteiger charge is 2.20. The molecule has 2 rings (SSSR count). The van der Waals surface area contributed by atoms with Crippen molar-refractivity contribution in [2.75, 3.05) is 6.54 Å². The zero-order chi connectivity index (χ0) is 17.5. The summed E-state index contributed by atoms with van der Waals surface area (Å²) in [5.41, 5.74) is 1.04. The number of aryl methyl sites for hydroxylation is 1. The van der Waals surface area contributed by atoms with Crippen LogP contribution < -0.4 is 4.74 Å². The molecule has 5 nitrogen and oxygen atoms in total. The normalized spacial score (nSPS) is 14.8. The molecular formula is C19H27NO4. The number of carboxylic acids is 1. The zero-order valence-corrected chi connectivity index (χ0v) is 14.5. The van der Waals surface area contributed by atoms with Gasteiger partial charge in [0.2, 0.25) is 5.91 Å². The predicted octanol–water partition coefficient (Wildman–Crippen LogP) is 3.26. The van der Waals surface area contributed by atoms with Crippen molar-refractivity contribution in [3.63, 3.8) is 0 Å². The highest BCUT2D eigenvalue weighted by atomic mass is 16.5. The van der Waals surface area contributed by atoms with Gasteiger partial charge in [-0.15, -0.1) is 0 Å².